The molecule has 1 N–H and O–H groups in total. The molecule has 2 atom stereocenters. The molecule has 1 heteroatoms. The Morgan fingerprint density at radius 2 is 1.92 bits per heavy atom. The average Bonchev–Trinajstić information content (AvgIpc) is 2.39. The van der Waals surface area contributed by atoms with E-state index < -0.39 is 0 Å². The summed E-state index contributed by atoms with van der Waals surface area (Å²) in [6.45, 7) is 6.86. The normalized spacial score (nSPS) is 25.8. The molecule has 1 aromatic rings. The molecule has 0 saturated heterocycles. The number of rotatable bonds is 1. The Labute approximate surface area is 80.2 Å². The molecule has 0 saturated carbocycles. The standard InChI is InChI=1S/C12H17N/c1-8(2)12-9(3)13-11-7-5-4-6-10(11)12/h4-9,12-13H,1-3H3/t9?,12-/m1/s1. The predicted molar refractivity (Wildman–Crippen MR) is 57.1 cm³/mol. The van der Waals surface area contributed by atoms with Gasteiger partial charge in [0.1, 0.15) is 0 Å². The first kappa shape index (κ1) is 8.61. The van der Waals surface area contributed by atoms with Crippen molar-refractivity contribution < 1.29 is 0 Å². The number of fused-ring (bicyclic) bond motifs is 1. The van der Waals surface area contributed by atoms with Gasteiger partial charge in [-0.1, -0.05) is 32.0 Å². The van der Waals surface area contributed by atoms with E-state index in [2.05, 4.69) is 50.4 Å². The summed E-state index contributed by atoms with van der Waals surface area (Å²) in [5.74, 6) is 1.39. The maximum absolute atomic E-state index is 3.53. The highest BCUT2D eigenvalue weighted by Crippen LogP contribution is 2.39. The summed E-state index contributed by atoms with van der Waals surface area (Å²) in [6.07, 6.45) is 0. The van der Waals surface area contributed by atoms with Gasteiger partial charge in [-0.15, -0.1) is 0 Å². The topological polar surface area (TPSA) is 12.0 Å². The fraction of sp³-hybridized carbons (Fsp3) is 0.500. The van der Waals surface area contributed by atoms with Gasteiger partial charge in [0.15, 0.2) is 0 Å². The molecule has 1 unspecified atom stereocenters. The van der Waals surface area contributed by atoms with Crippen LogP contribution in [0.5, 0.6) is 0 Å². The minimum atomic E-state index is 0.581. The molecule has 0 spiro atoms. The molecule has 13 heavy (non-hydrogen) atoms. The van der Waals surface area contributed by atoms with E-state index in [1.807, 2.05) is 0 Å². The lowest BCUT2D eigenvalue weighted by Crippen LogP contribution is -2.20. The molecular formula is C12H17N. The molecule has 2 rings (SSSR count). The van der Waals surface area contributed by atoms with Crippen molar-refractivity contribution in [2.75, 3.05) is 5.32 Å². The minimum absolute atomic E-state index is 0.581. The van der Waals surface area contributed by atoms with Crippen molar-refractivity contribution in [1.82, 2.24) is 0 Å². The van der Waals surface area contributed by atoms with E-state index in [4.69, 9.17) is 0 Å². The van der Waals surface area contributed by atoms with Crippen LogP contribution >= 0.6 is 0 Å². The van der Waals surface area contributed by atoms with Gasteiger partial charge in [0.2, 0.25) is 0 Å². The molecule has 0 aliphatic carbocycles. The van der Waals surface area contributed by atoms with E-state index in [-0.39, 0.29) is 0 Å². The minimum Gasteiger partial charge on any atom is -0.382 e. The van der Waals surface area contributed by atoms with Crippen molar-refractivity contribution in [1.29, 1.82) is 0 Å². The zero-order chi connectivity index (χ0) is 9.42. The summed E-state index contributed by atoms with van der Waals surface area (Å²) in [7, 11) is 0. The third-order valence-electron chi connectivity index (χ3n) is 2.96. The van der Waals surface area contributed by atoms with Crippen molar-refractivity contribution in [2.24, 2.45) is 5.92 Å². The molecule has 1 aliphatic heterocycles. The number of hydrogen-bond donors (Lipinski definition) is 1. The first-order valence-electron chi connectivity index (χ1n) is 5.05. The molecule has 0 fully saturated rings. The highest BCUT2D eigenvalue weighted by atomic mass is 15.0. The largest absolute Gasteiger partial charge is 0.382 e. The lowest BCUT2D eigenvalue weighted by atomic mass is 9.86. The smallest absolute Gasteiger partial charge is 0.0378 e. The third kappa shape index (κ3) is 1.32. The Morgan fingerprint density at radius 3 is 2.62 bits per heavy atom. The summed E-state index contributed by atoms with van der Waals surface area (Å²) >= 11 is 0. The summed E-state index contributed by atoms with van der Waals surface area (Å²) < 4.78 is 0. The van der Waals surface area contributed by atoms with E-state index in [0.717, 1.165) is 0 Å². The van der Waals surface area contributed by atoms with Crippen LogP contribution in [-0.4, -0.2) is 6.04 Å². The number of benzene rings is 1. The number of anilines is 1. The summed E-state index contributed by atoms with van der Waals surface area (Å²) in [5, 5.41) is 3.53. The number of para-hydroxylation sites is 1. The molecule has 1 heterocycles. The average molecular weight is 175 g/mol. The maximum atomic E-state index is 3.53. The Hall–Kier alpha value is -0.980. The summed E-state index contributed by atoms with van der Waals surface area (Å²) in [6, 6.07) is 9.23. The van der Waals surface area contributed by atoms with Gasteiger partial charge in [0, 0.05) is 17.6 Å². The first-order valence-corrected chi connectivity index (χ1v) is 5.05. The van der Waals surface area contributed by atoms with Crippen LogP contribution in [0.1, 0.15) is 32.3 Å². The Morgan fingerprint density at radius 1 is 1.23 bits per heavy atom. The van der Waals surface area contributed by atoms with Gasteiger partial charge in [-0.25, -0.2) is 0 Å². The molecule has 0 aromatic heterocycles. The fourth-order valence-electron chi connectivity index (χ4n) is 2.46. The van der Waals surface area contributed by atoms with E-state index in [1.165, 1.54) is 11.3 Å². The molecule has 70 valence electrons. The van der Waals surface area contributed by atoms with E-state index >= 15 is 0 Å². The SMILES string of the molecule is CC(C)[C@H]1c2ccccc2NC1C. The van der Waals surface area contributed by atoms with Crippen molar-refractivity contribution in [3.8, 4) is 0 Å². The van der Waals surface area contributed by atoms with Crippen LogP contribution < -0.4 is 5.32 Å². The molecule has 0 bridgehead atoms. The highest BCUT2D eigenvalue weighted by molar-refractivity contribution is 5.59. The van der Waals surface area contributed by atoms with Crippen LogP contribution in [0.25, 0.3) is 0 Å². The molecule has 0 radical (unpaired) electrons. The van der Waals surface area contributed by atoms with E-state index in [0.29, 0.717) is 17.9 Å². The Balaban J connectivity index is 2.40. The van der Waals surface area contributed by atoms with E-state index in [1.54, 1.807) is 0 Å². The lowest BCUT2D eigenvalue weighted by Gasteiger charge is -2.19. The quantitative estimate of drug-likeness (QED) is 0.691. The second kappa shape index (κ2) is 3.06. The molecule has 1 aliphatic rings. The van der Waals surface area contributed by atoms with Crippen LogP contribution in [-0.2, 0) is 0 Å². The van der Waals surface area contributed by atoms with Crippen LogP contribution in [0.4, 0.5) is 5.69 Å². The van der Waals surface area contributed by atoms with Crippen molar-refractivity contribution in [3.05, 3.63) is 29.8 Å². The van der Waals surface area contributed by atoms with Crippen LogP contribution in [0, 0.1) is 5.92 Å². The van der Waals surface area contributed by atoms with E-state index in [9.17, 15) is 0 Å². The predicted octanol–water partition coefficient (Wildman–Crippen LogP) is 3.24. The highest BCUT2D eigenvalue weighted by Gasteiger charge is 2.30. The van der Waals surface area contributed by atoms with Gasteiger partial charge in [-0.3, -0.25) is 0 Å². The van der Waals surface area contributed by atoms with Crippen LogP contribution in [0.3, 0.4) is 0 Å². The third-order valence-corrected chi connectivity index (χ3v) is 2.96. The first-order chi connectivity index (χ1) is 6.20. The van der Waals surface area contributed by atoms with Gasteiger partial charge >= 0.3 is 0 Å². The molecule has 1 nitrogen and oxygen atoms in total. The van der Waals surface area contributed by atoms with Crippen LogP contribution in [0.2, 0.25) is 0 Å². The Bertz CT molecular complexity index is 304. The van der Waals surface area contributed by atoms with Gasteiger partial charge in [0.05, 0.1) is 0 Å². The van der Waals surface area contributed by atoms with Crippen molar-refractivity contribution >= 4 is 5.69 Å². The van der Waals surface area contributed by atoms with Gasteiger partial charge in [-0.2, -0.15) is 0 Å². The Kier molecular flexibility index (Phi) is 2.03. The maximum Gasteiger partial charge on any atom is 0.0378 e. The van der Waals surface area contributed by atoms with Crippen LogP contribution in [0.15, 0.2) is 24.3 Å². The summed E-state index contributed by atoms with van der Waals surface area (Å²) in [5.41, 5.74) is 2.82. The van der Waals surface area contributed by atoms with Gasteiger partial charge < -0.3 is 5.32 Å². The lowest BCUT2D eigenvalue weighted by molar-refractivity contribution is 0.472. The monoisotopic (exact) mass is 175 g/mol. The zero-order valence-corrected chi connectivity index (χ0v) is 8.54. The summed E-state index contributed by atoms with van der Waals surface area (Å²) in [4.78, 5) is 0. The molecule has 1 aromatic carbocycles. The number of hydrogen-bond acceptors (Lipinski definition) is 1. The number of nitrogens with one attached hydrogen (secondary N) is 1. The van der Waals surface area contributed by atoms with Crippen molar-refractivity contribution in [2.45, 2.75) is 32.7 Å². The molecule has 0 amide bonds. The fourth-order valence-corrected chi connectivity index (χ4v) is 2.46. The van der Waals surface area contributed by atoms with Crippen molar-refractivity contribution in [3.63, 3.8) is 0 Å². The van der Waals surface area contributed by atoms with Gasteiger partial charge in [0.25, 0.3) is 0 Å². The second-order valence-corrected chi connectivity index (χ2v) is 4.29. The zero-order valence-electron chi connectivity index (χ0n) is 8.54. The second-order valence-electron chi connectivity index (χ2n) is 4.29. The van der Waals surface area contributed by atoms with Gasteiger partial charge in [-0.05, 0) is 24.5 Å². The molecular weight excluding hydrogens is 158 g/mol.